The summed E-state index contributed by atoms with van der Waals surface area (Å²) in [5.74, 6) is -0.900. The summed E-state index contributed by atoms with van der Waals surface area (Å²) in [6.45, 7) is 8.41. The number of fused-ring (bicyclic) bond motifs is 1. The molecule has 21 heavy (non-hydrogen) atoms. The third-order valence-corrected chi connectivity index (χ3v) is 6.51. The smallest absolute Gasteiger partial charge is 0.327 e. The molecule has 0 radical (unpaired) electrons. The fraction of sp³-hybridized carbons (Fsp3) is 0.400. The molecule has 1 aromatic heterocycles. The zero-order chi connectivity index (χ0) is 15.3. The average Bonchev–Trinajstić information content (AvgIpc) is 2.98. The summed E-state index contributed by atoms with van der Waals surface area (Å²) < 4.78 is 6.56. The van der Waals surface area contributed by atoms with Crippen molar-refractivity contribution in [2.75, 3.05) is 0 Å². The van der Waals surface area contributed by atoms with E-state index in [1.807, 2.05) is 0 Å². The van der Waals surface area contributed by atoms with Crippen LogP contribution >= 0.6 is 23.1 Å². The first-order valence-corrected chi connectivity index (χ1v) is 8.36. The fourth-order valence-corrected chi connectivity index (χ4v) is 4.89. The van der Waals surface area contributed by atoms with Gasteiger partial charge >= 0.3 is 11.9 Å². The van der Waals surface area contributed by atoms with Crippen LogP contribution in [0, 0.1) is 27.7 Å². The number of aryl methyl sites for hydroxylation is 2. The Balaban J connectivity index is 2.02. The van der Waals surface area contributed by atoms with Crippen LogP contribution in [0.25, 0.3) is 10.2 Å². The van der Waals surface area contributed by atoms with Gasteiger partial charge in [0.25, 0.3) is 0 Å². The molecule has 2 heterocycles. The summed E-state index contributed by atoms with van der Waals surface area (Å²) in [7, 11) is 0. The van der Waals surface area contributed by atoms with Crippen molar-refractivity contribution < 1.29 is 14.3 Å². The average molecular weight is 321 g/mol. The van der Waals surface area contributed by atoms with Gasteiger partial charge < -0.3 is 4.74 Å². The molecule has 1 aliphatic rings. The first-order chi connectivity index (χ1) is 9.88. The third-order valence-electron chi connectivity index (χ3n) is 4.06. The number of benzene rings is 1. The van der Waals surface area contributed by atoms with E-state index >= 15 is 0 Å². The zero-order valence-corrected chi connectivity index (χ0v) is 13.9. The highest BCUT2D eigenvalue weighted by atomic mass is 32.2. The molecule has 0 bridgehead atoms. The number of aromatic nitrogens is 1. The van der Waals surface area contributed by atoms with E-state index in [2.05, 4.69) is 37.4 Å². The third kappa shape index (κ3) is 2.36. The topological polar surface area (TPSA) is 56.3 Å². The predicted octanol–water partition coefficient (Wildman–Crippen LogP) is 3.46. The van der Waals surface area contributed by atoms with Crippen molar-refractivity contribution in [3.05, 3.63) is 22.3 Å². The first-order valence-electron chi connectivity index (χ1n) is 6.66. The Bertz CT molecular complexity index is 734. The Labute approximate surface area is 130 Å². The SMILES string of the molecule is Cc1c(C)c(C)c2sc(SC3CC(=O)OC3=O)nc2c1C. The van der Waals surface area contributed by atoms with Crippen LogP contribution < -0.4 is 0 Å². The van der Waals surface area contributed by atoms with E-state index in [1.54, 1.807) is 11.3 Å². The van der Waals surface area contributed by atoms with Gasteiger partial charge in [-0.25, -0.2) is 4.98 Å². The van der Waals surface area contributed by atoms with Crippen LogP contribution in [-0.2, 0) is 14.3 Å². The van der Waals surface area contributed by atoms with Gasteiger partial charge in [0, 0.05) is 0 Å². The maximum absolute atomic E-state index is 11.6. The van der Waals surface area contributed by atoms with Crippen LogP contribution in [0.5, 0.6) is 0 Å². The molecular weight excluding hydrogens is 306 g/mol. The van der Waals surface area contributed by atoms with E-state index in [-0.39, 0.29) is 6.42 Å². The highest BCUT2D eigenvalue weighted by Gasteiger charge is 2.35. The number of nitrogens with zero attached hydrogens (tertiary/aromatic N) is 1. The molecule has 110 valence electrons. The lowest BCUT2D eigenvalue weighted by Gasteiger charge is -2.08. The normalized spacial score (nSPS) is 18.6. The van der Waals surface area contributed by atoms with Crippen molar-refractivity contribution in [3.8, 4) is 0 Å². The predicted molar refractivity (Wildman–Crippen MR) is 83.9 cm³/mol. The Hall–Kier alpha value is -1.40. The molecule has 1 aromatic carbocycles. The molecule has 0 amide bonds. The molecule has 1 aliphatic heterocycles. The van der Waals surface area contributed by atoms with Crippen molar-refractivity contribution in [2.24, 2.45) is 0 Å². The molecule has 3 rings (SSSR count). The van der Waals surface area contributed by atoms with Gasteiger partial charge in [0.1, 0.15) is 5.25 Å². The Morgan fingerprint density at radius 2 is 1.76 bits per heavy atom. The number of esters is 2. The number of cyclic esters (lactones) is 2. The van der Waals surface area contributed by atoms with Crippen LogP contribution in [0.15, 0.2) is 4.34 Å². The Kier molecular flexibility index (Phi) is 3.53. The van der Waals surface area contributed by atoms with Crippen molar-refractivity contribution in [2.45, 2.75) is 43.7 Å². The van der Waals surface area contributed by atoms with E-state index in [4.69, 9.17) is 0 Å². The summed E-state index contributed by atoms with van der Waals surface area (Å²) >= 11 is 2.91. The summed E-state index contributed by atoms with van der Waals surface area (Å²) in [4.78, 5) is 27.4. The lowest BCUT2D eigenvalue weighted by Crippen LogP contribution is -2.08. The molecule has 0 saturated carbocycles. The quantitative estimate of drug-likeness (QED) is 0.626. The van der Waals surface area contributed by atoms with Crippen LogP contribution in [0.2, 0.25) is 0 Å². The van der Waals surface area contributed by atoms with Crippen LogP contribution in [-0.4, -0.2) is 22.2 Å². The molecule has 0 aliphatic carbocycles. The number of carbonyl (C=O) groups excluding carboxylic acids is 2. The number of ether oxygens (including phenoxy) is 1. The zero-order valence-electron chi connectivity index (χ0n) is 12.3. The second-order valence-corrected chi connectivity index (χ2v) is 7.71. The second kappa shape index (κ2) is 5.10. The van der Waals surface area contributed by atoms with Gasteiger partial charge in [-0.2, -0.15) is 0 Å². The molecule has 2 aromatic rings. The fourth-order valence-electron chi connectivity index (χ4n) is 2.44. The Morgan fingerprint density at radius 3 is 2.38 bits per heavy atom. The van der Waals surface area contributed by atoms with Crippen molar-refractivity contribution in [3.63, 3.8) is 0 Å². The van der Waals surface area contributed by atoms with Crippen LogP contribution in [0.3, 0.4) is 0 Å². The molecule has 6 heteroatoms. The monoisotopic (exact) mass is 321 g/mol. The number of thiazole rings is 1. The number of hydrogen-bond donors (Lipinski definition) is 0. The van der Waals surface area contributed by atoms with Gasteiger partial charge in [-0.3, -0.25) is 9.59 Å². The molecule has 1 unspecified atom stereocenters. The molecule has 0 spiro atoms. The van der Waals surface area contributed by atoms with Crippen LogP contribution in [0.1, 0.15) is 28.7 Å². The van der Waals surface area contributed by atoms with Gasteiger partial charge in [-0.15, -0.1) is 11.3 Å². The van der Waals surface area contributed by atoms with Crippen molar-refractivity contribution in [1.82, 2.24) is 4.98 Å². The summed E-state index contributed by atoms with van der Waals surface area (Å²) in [5.41, 5.74) is 5.97. The first kappa shape index (κ1) is 14.5. The standard InChI is InChI=1S/C15H15NO3S2/c1-6-7(2)9(4)13-12(8(6)3)16-15(21-13)20-10-5-11(17)19-14(10)18/h10H,5H2,1-4H3. The Morgan fingerprint density at radius 1 is 1.10 bits per heavy atom. The molecule has 1 fully saturated rings. The van der Waals surface area contributed by atoms with Gasteiger partial charge in [-0.1, -0.05) is 11.8 Å². The number of hydrogen-bond acceptors (Lipinski definition) is 6. The van der Waals surface area contributed by atoms with Gasteiger partial charge in [0.15, 0.2) is 4.34 Å². The molecular formula is C15H15NO3S2. The molecule has 1 saturated heterocycles. The van der Waals surface area contributed by atoms with E-state index < -0.39 is 17.2 Å². The number of carbonyl (C=O) groups is 2. The van der Waals surface area contributed by atoms with E-state index in [0.717, 1.165) is 14.6 Å². The minimum absolute atomic E-state index is 0.134. The van der Waals surface area contributed by atoms with E-state index in [9.17, 15) is 9.59 Å². The second-order valence-electron chi connectivity index (χ2n) is 5.26. The minimum Gasteiger partial charge on any atom is -0.392 e. The lowest BCUT2D eigenvalue weighted by molar-refractivity contribution is -0.151. The highest BCUT2D eigenvalue weighted by molar-refractivity contribution is 8.02. The van der Waals surface area contributed by atoms with Gasteiger partial charge in [-0.05, 0) is 49.9 Å². The number of rotatable bonds is 2. The maximum atomic E-state index is 11.6. The summed E-state index contributed by atoms with van der Waals surface area (Å²) in [5, 5.41) is -0.458. The largest absolute Gasteiger partial charge is 0.392 e. The van der Waals surface area contributed by atoms with Crippen molar-refractivity contribution >= 4 is 45.3 Å². The van der Waals surface area contributed by atoms with Crippen molar-refractivity contribution in [1.29, 1.82) is 0 Å². The van der Waals surface area contributed by atoms with Crippen LogP contribution in [0.4, 0.5) is 0 Å². The van der Waals surface area contributed by atoms with Gasteiger partial charge in [0.05, 0.1) is 16.6 Å². The minimum atomic E-state index is -0.458. The molecule has 1 atom stereocenters. The highest BCUT2D eigenvalue weighted by Crippen LogP contribution is 2.39. The molecule has 4 nitrogen and oxygen atoms in total. The van der Waals surface area contributed by atoms with Gasteiger partial charge in [0.2, 0.25) is 0 Å². The summed E-state index contributed by atoms with van der Waals surface area (Å²) in [6.07, 6.45) is 0.134. The lowest BCUT2D eigenvalue weighted by atomic mass is 9.99. The molecule has 0 N–H and O–H groups in total. The number of thioether (sulfide) groups is 1. The maximum Gasteiger partial charge on any atom is 0.327 e. The summed E-state index contributed by atoms with van der Waals surface area (Å²) in [6, 6.07) is 0. The van der Waals surface area contributed by atoms with E-state index in [0.29, 0.717) is 0 Å². The van der Waals surface area contributed by atoms with E-state index in [1.165, 1.54) is 34.0 Å².